The van der Waals surface area contributed by atoms with E-state index in [1.54, 1.807) is 24.5 Å². The molecule has 2 aromatic rings. The number of nitrogen functional groups attached to an aromatic ring is 2. The van der Waals surface area contributed by atoms with Gasteiger partial charge in [0.1, 0.15) is 0 Å². The first kappa shape index (κ1) is 8.90. The van der Waals surface area contributed by atoms with Gasteiger partial charge in [-0.3, -0.25) is 11.7 Å². The van der Waals surface area contributed by atoms with Crippen LogP contribution in [-0.4, -0.2) is 4.68 Å². The molecule has 1 aromatic carbocycles. The second-order valence-corrected chi connectivity index (χ2v) is 3.38. The van der Waals surface area contributed by atoms with Crippen LogP contribution in [0, 0.1) is 0 Å². The number of aromatic nitrogens is 2. The van der Waals surface area contributed by atoms with Crippen molar-refractivity contribution < 1.29 is 4.68 Å². The average molecular weight is 210 g/mol. The SMILES string of the molecule is Nn1cc[n+](N)c1-c1ccc(Cl)cc1. The molecule has 14 heavy (non-hydrogen) atoms. The summed E-state index contributed by atoms with van der Waals surface area (Å²) in [5, 5.41) is 0.687. The zero-order valence-electron chi connectivity index (χ0n) is 7.39. The van der Waals surface area contributed by atoms with E-state index in [1.807, 2.05) is 12.1 Å². The van der Waals surface area contributed by atoms with Crippen molar-refractivity contribution in [2.45, 2.75) is 0 Å². The number of hydrogen-bond acceptors (Lipinski definition) is 2. The predicted octanol–water partition coefficient (Wildman–Crippen LogP) is 0.524. The molecule has 4 N–H and O–H groups in total. The molecule has 0 aliphatic carbocycles. The molecule has 0 aliphatic rings. The fraction of sp³-hybridized carbons (Fsp3) is 0. The number of benzene rings is 1. The summed E-state index contributed by atoms with van der Waals surface area (Å²) in [5.41, 5.74) is 0.921. The summed E-state index contributed by atoms with van der Waals surface area (Å²) in [6, 6.07) is 7.32. The summed E-state index contributed by atoms with van der Waals surface area (Å²) in [6.45, 7) is 0. The molecule has 5 heteroatoms. The van der Waals surface area contributed by atoms with Crippen molar-refractivity contribution in [1.29, 1.82) is 0 Å². The number of rotatable bonds is 1. The molecule has 2 rings (SSSR count). The Balaban J connectivity index is 2.54. The van der Waals surface area contributed by atoms with Crippen molar-refractivity contribution in [3.05, 3.63) is 41.7 Å². The van der Waals surface area contributed by atoms with Gasteiger partial charge in [-0.15, -0.1) is 9.35 Å². The third kappa shape index (κ3) is 1.40. The normalized spacial score (nSPS) is 10.4. The fourth-order valence-electron chi connectivity index (χ4n) is 1.32. The lowest BCUT2D eigenvalue weighted by Crippen LogP contribution is -2.45. The summed E-state index contributed by atoms with van der Waals surface area (Å²) in [4.78, 5) is 0. The van der Waals surface area contributed by atoms with Crippen molar-refractivity contribution >= 4 is 11.6 Å². The average Bonchev–Trinajstić information content (AvgIpc) is 2.49. The van der Waals surface area contributed by atoms with Crippen LogP contribution < -0.4 is 16.4 Å². The first-order valence-corrected chi connectivity index (χ1v) is 4.45. The van der Waals surface area contributed by atoms with Crippen LogP contribution in [0.4, 0.5) is 0 Å². The maximum atomic E-state index is 5.78. The molecule has 0 saturated heterocycles. The zero-order valence-corrected chi connectivity index (χ0v) is 8.15. The van der Waals surface area contributed by atoms with Gasteiger partial charge in [0.15, 0.2) is 12.4 Å². The molecule has 0 spiro atoms. The minimum Gasteiger partial charge on any atom is -0.269 e. The van der Waals surface area contributed by atoms with Gasteiger partial charge in [0.2, 0.25) is 0 Å². The van der Waals surface area contributed by atoms with Crippen LogP contribution in [0.1, 0.15) is 0 Å². The van der Waals surface area contributed by atoms with E-state index in [1.165, 1.54) is 9.35 Å². The summed E-state index contributed by atoms with van der Waals surface area (Å²) < 4.78 is 2.92. The smallest absolute Gasteiger partial charge is 0.269 e. The van der Waals surface area contributed by atoms with E-state index in [9.17, 15) is 0 Å². The van der Waals surface area contributed by atoms with Crippen molar-refractivity contribution in [1.82, 2.24) is 4.68 Å². The van der Waals surface area contributed by atoms with E-state index in [2.05, 4.69) is 0 Å². The number of nitrogens with zero attached hydrogens (tertiary/aromatic N) is 2. The third-order valence-corrected chi connectivity index (χ3v) is 2.23. The van der Waals surface area contributed by atoms with Crippen molar-refractivity contribution in [3.63, 3.8) is 0 Å². The van der Waals surface area contributed by atoms with Gasteiger partial charge in [-0.05, 0) is 24.3 Å². The summed E-state index contributed by atoms with van der Waals surface area (Å²) in [7, 11) is 0. The monoisotopic (exact) mass is 209 g/mol. The molecule has 0 amide bonds. The Kier molecular flexibility index (Phi) is 2.05. The first-order chi connectivity index (χ1) is 6.68. The number of nitrogens with two attached hydrogens (primary N) is 2. The van der Waals surface area contributed by atoms with Gasteiger partial charge in [0.25, 0.3) is 0 Å². The molecule has 0 atom stereocenters. The van der Waals surface area contributed by atoms with Crippen LogP contribution in [0.15, 0.2) is 36.7 Å². The minimum atomic E-state index is 0.687. The zero-order chi connectivity index (χ0) is 10.1. The van der Waals surface area contributed by atoms with Crippen LogP contribution >= 0.6 is 11.6 Å². The Bertz CT molecular complexity index is 427. The number of hydrogen-bond donors (Lipinski definition) is 2. The van der Waals surface area contributed by atoms with E-state index in [-0.39, 0.29) is 0 Å². The maximum absolute atomic E-state index is 5.78. The molecule has 0 unspecified atom stereocenters. The van der Waals surface area contributed by atoms with Gasteiger partial charge in [-0.1, -0.05) is 11.6 Å². The molecule has 72 valence electrons. The van der Waals surface area contributed by atoms with Crippen molar-refractivity contribution in [2.24, 2.45) is 0 Å². The Morgan fingerprint density at radius 2 is 1.86 bits per heavy atom. The Morgan fingerprint density at radius 3 is 2.36 bits per heavy atom. The Hall–Kier alpha value is -1.68. The highest BCUT2D eigenvalue weighted by Crippen LogP contribution is 2.16. The third-order valence-electron chi connectivity index (χ3n) is 1.98. The van der Waals surface area contributed by atoms with Gasteiger partial charge in [-0.2, -0.15) is 0 Å². The van der Waals surface area contributed by atoms with E-state index < -0.39 is 0 Å². The van der Waals surface area contributed by atoms with Crippen LogP contribution in [-0.2, 0) is 0 Å². The van der Waals surface area contributed by atoms with Crippen molar-refractivity contribution in [3.8, 4) is 11.4 Å². The number of imidazole rings is 1. The Labute approximate surface area is 86.3 Å². The van der Waals surface area contributed by atoms with Gasteiger partial charge in [0, 0.05) is 5.02 Å². The maximum Gasteiger partial charge on any atom is 0.335 e. The fourth-order valence-corrected chi connectivity index (χ4v) is 1.44. The van der Waals surface area contributed by atoms with Crippen LogP contribution in [0.5, 0.6) is 0 Å². The highest BCUT2D eigenvalue weighted by molar-refractivity contribution is 6.30. The van der Waals surface area contributed by atoms with Crippen LogP contribution in [0.3, 0.4) is 0 Å². The molecular formula is C9H10ClN4+. The van der Waals surface area contributed by atoms with Gasteiger partial charge < -0.3 is 0 Å². The second kappa shape index (κ2) is 3.23. The van der Waals surface area contributed by atoms with Gasteiger partial charge in [-0.25, -0.2) is 0 Å². The van der Waals surface area contributed by atoms with Gasteiger partial charge in [0.05, 0.1) is 5.56 Å². The number of halogens is 1. The van der Waals surface area contributed by atoms with E-state index in [0.29, 0.717) is 5.02 Å². The standard InChI is InChI=1S/C9H10ClN4/c10-8-3-1-7(2-4-8)9-13(11)5-6-14(9)12/h1-6H,11-12H2/q+1. The lowest BCUT2D eigenvalue weighted by Gasteiger charge is -1.97. The second-order valence-electron chi connectivity index (χ2n) is 2.94. The molecule has 1 aromatic heterocycles. The molecule has 1 heterocycles. The molecular weight excluding hydrogens is 200 g/mol. The predicted molar refractivity (Wildman–Crippen MR) is 55.4 cm³/mol. The Morgan fingerprint density at radius 1 is 1.21 bits per heavy atom. The highest BCUT2D eigenvalue weighted by atomic mass is 35.5. The first-order valence-electron chi connectivity index (χ1n) is 4.07. The van der Waals surface area contributed by atoms with E-state index in [4.69, 9.17) is 23.3 Å². The lowest BCUT2D eigenvalue weighted by atomic mass is 10.2. The summed E-state index contributed by atoms with van der Waals surface area (Å²) >= 11 is 5.78. The van der Waals surface area contributed by atoms with Gasteiger partial charge >= 0.3 is 5.82 Å². The van der Waals surface area contributed by atoms with E-state index >= 15 is 0 Å². The molecule has 0 bridgehead atoms. The van der Waals surface area contributed by atoms with Crippen LogP contribution in [0.25, 0.3) is 11.4 Å². The van der Waals surface area contributed by atoms with Crippen LogP contribution in [0.2, 0.25) is 5.02 Å². The quantitative estimate of drug-likeness (QED) is 0.532. The minimum absolute atomic E-state index is 0.687. The molecule has 0 radical (unpaired) electrons. The molecule has 0 saturated carbocycles. The van der Waals surface area contributed by atoms with E-state index in [0.717, 1.165) is 11.4 Å². The molecule has 0 aliphatic heterocycles. The highest BCUT2D eigenvalue weighted by Gasteiger charge is 2.15. The molecule has 0 fully saturated rings. The summed E-state index contributed by atoms with van der Waals surface area (Å²) in [6.07, 6.45) is 3.37. The van der Waals surface area contributed by atoms with Crippen molar-refractivity contribution in [2.75, 3.05) is 11.7 Å². The topological polar surface area (TPSA) is 60.8 Å². The lowest BCUT2D eigenvalue weighted by molar-refractivity contribution is -0.626. The summed E-state index contributed by atoms with van der Waals surface area (Å²) in [5.74, 6) is 12.1. The largest absolute Gasteiger partial charge is 0.335 e. The molecule has 4 nitrogen and oxygen atoms in total.